The Balaban J connectivity index is 1.61. The van der Waals surface area contributed by atoms with E-state index in [4.69, 9.17) is 15.9 Å². The van der Waals surface area contributed by atoms with Gasteiger partial charge in [-0.1, -0.05) is 30.3 Å². The lowest BCUT2D eigenvalue weighted by Gasteiger charge is -2.13. The van der Waals surface area contributed by atoms with Gasteiger partial charge in [0, 0.05) is 25.1 Å². The molecule has 29 heavy (non-hydrogen) atoms. The lowest BCUT2D eigenvalue weighted by molar-refractivity contribution is 0.251. The van der Waals surface area contributed by atoms with Crippen molar-refractivity contribution in [2.45, 2.75) is 13.2 Å². The normalized spacial score (nSPS) is 10.2. The fourth-order valence-corrected chi connectivity index (χ4v) is 2.41. The first-order chi connectivity index (χ1) is 14.0. The van der Waals surface area contributed by atoms with Crippen molar-refractivity contribution < 1.29 is 13.9 Å². The van der Waals surface area contributed by atoms with Gasteiger partial charge in [-0.25, -0.2) is 14.2 Å². The third-order valence-corrected chi connectivity index (χ3v) is 3.96. The predicted molar refractivity (Wildman–Crippen MR) is 107 cm³/mol. The van der Waals surface area contributed by atoms with E-state index in [-0.39, 0.29) is 36.1 Å². The highest BCUT2D eigenvalue weighted by Crippen LogP contribution is 2.22. The molecule has 0 saturated carbocycles. The Morgan fingerprint density at radius 2 is 1.86 bits per heavy atom. The molecule has 2 amide bonds. The summed E-state index contributed by atoms with van der Waals surface area (Å²) in [7, 11) is 0. The van der Waals surface area contributed by atoms with Gasteiger partial charge in [-0.15, -0.1) is 0 Å². The Morgan fingerprint density at radius 3 is 2.59 bits per heavy atom. The van der Waals surface area contributed by atoms with Gasteiger partial charge >= 0.3 is 6.03 Å². The smallest absolute Gasteiger partial charge is 0.320 e. The second-order valence-electron chi connectivity index (χ2n) is 6.01. The summed E-state index contributed by atoms with van der Waals surface area (Å²) in [5.74, 6) is -1.60. The molecule has 0 aliphatic carbocycles. The number of anilines is 2. The minimum absolute atomic E-state index is 0.00759. The number of urea groups is 1. The number of ether oxygens (including phenoxy) is 1. The summed E-state index contributed by atoms with van der Waals surface area (Å²) in [6.07, 6.45) is 4.38. The van der Waals surface area contributed by atoms with Crippen LogP contribution in [0.1, 0.15) is 16.7 Å². The molecule has 3 rings (SSSR count). The summed E-state index contributed by atoms with van der Waals surface area (Å²) in [5, 5.41) is 12.9. The molecule has 3 aromatic rings. The molecule has 2 heterocycles. The minimum atomic E-state index is -0.936. The standard InChI is InChI=1S/C20H19FN6O2/c21-16-17(22)15(18(23)29-12-14-6-8-24-9-7-14)11-25-19(16)27-20(28)26-10-13-4-2-1-3-5-13/h1-9,11,23H,10,12H2,(H4,22,25,26,27,28). The first-order valence-electron chi connectivity index (χ1n) is 8.68. The van der Waals surface area contributed by atoms with Gasteiger partial charge in [-0.3, -0.25) is 15.7 Å². The molecule has 0 aliphatic heterocycles. The molecule has 5 N–H and O–H groups in total. The number of hydrogen-bond donors (Lipinski definition) is 4. The van der Waals surface area contributed by atoms with Crippen molar-refractivity contribution in [1.29, 1.82) is 5.41 Å². The maximum Gasteiger partial charge on any atom is 0.320 e. The van der Waals surface area contributed by atoms with Gasteiger partial charge < -0.3 is 15.8 Å². The zero-order chi connectivity index (χ0) is 20.6. The number of rotatable bonds is 6. The first kappa shape index (κ1) is 19.7. The number of aromatic nitrogens is 2. The average Bonchev–Trinajstić information content (AvgIpc) is 2.75. The van der Waals surface area contributed by atoms with E-state index in [0.29, 0.717) is 0 Å². The van der Waals surface area contributed by atoms with Crippen molar-refractivity contribution in [2.24, 2.45) is 0 Å². The zero-order valence-corrected chi connectivity index (χ0v) is 15.4. The monoisotopic (exact) mass is 394 g/mol. The Kier molecular flexibility index (Phi) is 6.31. The Bertz CT molecular complexity index is 999. The quantitative estimate of drug-likeness (QED) is 0.378. The summed E-state index contributed by atoms with van der Waals surface area (Å²) in [6.45, 7) is 0.375. The van der Waals surface area contributed by atoms with Crippen LogP contribution in [0.25, 0.3) is 0 Å². The van der Waals surface area contributed by atoms with Crippen LogP contribution in [0.3, 0.4) is 0 Å². The molecule has 0 aliphatic rings. The Labute approximate surface area is 166 Å². The molecule has 8 nitrogen and oxygen atoms in total. The number of carbonyl (C=O) groups is 1. The molecular weight excluding hydrogens is 375 g/mol. The topological polar surface area (TPSA) is 126 Å². The minimum Gasteiger partial charge on any atom is -0.473 e. The number of amides is 2. The van der Waals surface area contributed by atoms with Crippen LogP contribution >= 0.6 is 0 Å². The fourth-order valence-electron chi connectivity index (χ4n) is 2.41. The molecule has 0 unspecified atom stereocenters. The maximum absolute atomic E-state index is 14.5. The number of nitrogens with zero attached hydrogens (tertiary/aromatic N) is 2. The van der Waals surface area contributed by atoms with Crippen molar-refractivity contribution in [3.05, 3.63) is 83.6 Å². The lowest BCUT2D eigenvalue weighted by atomic mass is 10.2. The van der Waals surface area contributed by atoms with Crippen LogP contribution in [0.2, 0.25) is 0 Å². The number of hydrogen-bond acceptors (Lipinski definition) is 6. The van der Waals surface area contributed by atoms with E-state index in [0.717, 1.165) is 11.1 Å². The molecular formula is C20H19FN6O2. The van der Waals surface area contributed by atoms with E-state index in [1.807, 2.05) is 30.3 Å². The van der Waals surface area contributed by atoms with Gasteiger partial charge in [-0.05, 0) is 23.3 Å². The van der Waals surface area contributed by atoms with Gasteiger partial charge in [0.15, 0.2) is 11.6 Å². The molecule has 0 bridgehead atoms. The predicted octanol–water partition coefficient (Wildman–Crippen LogP) is 3.06. The van der Waals surface area contributed by atoms with Gasteiger partial charge in [-0.2, -0.15) is 0 Å². The number of pyridine rings is 2. The fraction of sp³-hybridized carbons (Fsp3) is 0.100. The van der Waals surface area contributed by atoms with Gasteiger partial charge in [0.1, 0.15) is 6.61 Å². The largest absolute Gasteiger partial charge is 0.473 e. The summed E-state index contributed by atoms with van der Waals surface area (Å²) in [4.78, 5) is 19.7. The number of carbonyl (C=O) groups excluding carboxylic acids is 1. The van der Waals surface area contributed by atoms with E-state index >= 15 is 0 Å². The van der Waals surface area contributed by atoms with E-state index in [1.54, 1.807) is 24.5 Å². The van der Waals surface area contributed by atoms with E-state index in [2.05, 4.69) is 20.6 Å². The number of benzene rings is 1. The van der Waals surface area contributed by atoms with Crippen molar-refractivity contribution in [3.8, 4) is 0 Å². The van der Waals surface area contributed by atoms with Gasteiger partial charge in [0.25, 0.3) is 0 Å². The summed E-state index contributed by atoms with van der Waals surface area (Å²) >= 11 is 0. The highest BCUT2D eigenvalue weighted by molar-refractivity contribution is 5.98. The molecule has 0 spiro atoms. The molecule has 0 fully saturated rings. The molecule has 2 aromatic heterocycles. The van der Waals surface area contributed by atoms with E-state index in [1.165, 1.54) is 6.20 Å². The van der Waals surface area contributed by atoms with Crippen LogP contribution in [0, 0.1) is 11.2 Å². The average molecular weight is 394 g/mol. The van der Waals surface area contributed by atoms with E-state index < -0.39 is 11.8 Å². The second kappa shape index (κ2) is 9.27. The number of nitrogen functional groups attached to an aromatic ring is 1. The molecule has 9 heteroatoms. The molecule has 0 atom stereocenters. The summed E-state index contributed by atoms with van der Waals surface area (Å²) in [5.41, 5.74) is 7.12. The summed E-state index contributed by atoms with van der Waals surface area (Å²) < 4.78 is 19.8. The van der Waals surface area contributed by atoms with Gasteiger partial charge in [0.05, 0.1) is 11.3 Å². The third-order valence-electron chi connectivity index (χ3n) is 3.96. The number of nitrogens with one attached hydrogen (secondary N) is 3. The number of halogens is 1. The van der Waals surface area contributed by atoms with Crippen molar-refractivity contribution >= 4 is 23.4 Å². The SMILES string of the molecule is N=C(OCc1ccncc1)c1cnc(NC(=O)NCc2ccccc2)c(F)c1N. The van der Waals surface area contributed by atoms with Crippen molar-refractivity contribution in [2.75, 3.05) is 11.1 Å². The van der Waals surface area contributed by atoms with E-state index in [9.17, 15) is 9.18 Å². The second-order valence-corrected chi connectivity index (χ2v) is 6.01. The van der Waals surface area contributed by atoms with Gasteiger partial charge in [0.2, 0.25) is 5.90 Å². The van der Waals surface area contributed by atoms with Crippen LogP contribution in [0.5, 0.6) is 0 Å². The third kappa shape index (κ3) is 5.25. The number of nitrogens with two attached hydrogens (primary N) is 1. The summed E-state index contributed by atoms with van der Waals surface area (Å²) in [6, 6.07) is 12.1. The lowest BCUT2D eigenvalue weighted by Crippen LogP contribution is -2.29. The molecule has 0 saturated heterocycles. The zero-order valence-electron chi connectivity index (χ0n) is 15.4. The molecule has 0 radical (unpaired) electrons. The van der Waals surface area contributed by atoms with Crippen LogP contribution in [0.15, 0.2) is 61.1 Å². The Hall–Kier alpha value is -4.01. The van der Waals surface area contributed by atoms with Crippen LogP contribution in [-0.2, 0) is 17.9 Å². The molecule has 1 aromatic carbocycles. The maximum atomic E-state index is 14.5. The first-order valence-corrected chi connectivity index (χ1v) is 8.68. The highest BCUT2D eigenvalue weighted by Gasteiger charge is 2.18. The Morgan fingerprint density at radius 1 is 1.14 bits per heavy atom. The molecule has 148 valence electrons. The highest BCUT2D eigenvalue weighted by atomic mass is 19.1. The van der Waals surface area contributed by atoms with Crippen molar-refractivity contribution in [1.82, 2.24) is 15.3 Å². The van der Waals surface area contributed by atoms with Crippen molar-refractivity contribution in [3.63, 3.8) is 0 Å². The van der Waals surface area contributed by atoms with Crippen LogP contribution in [-0.4, -0.2) is 21.9 Å². The van der Waals surface area contributed by atoms with Crippen LogP contribution in [0.4, 0.5) is 20.7 Å². The van der Waals surface area contributed by atoms with Crippen LogP contribution < -0.4 is 16.4 Å².